The Morgan fingerprint density at radius 1 is 0.629 bits per heavy atom. The van der Waals surface area contributed by atoms with E-state index >= 15 is 0 Å². The van der Waals surface area contributed by atoms with E-state index in [0.717, 1.165) is 57.8 Å². The molecule has 10 nitrogen and oxygen atoms in total. The van der Waals surface area contributed by atoms with Crippen LogP contribution in [0.1, 0.15) is 71.6 Å². The maximum Gasteiger partial charge on any atom is 0.410 e. The van der Waals surface area contributed by atoms with Crippen LogP contribution in [0.5, 0.6) is 0 Å². The number of nitrogens with one attached hydrogen (secondary N) is 2. The van der Waals surface area contributed by atoms with E-state index in [2.05, 4.69) is 23.8 Å². The highest BCUT2D eigenvalue weighted by molar-refractivity contribution is 5.87. The molecule has 2 aliphatic rings. The molecule has 0 spiro atoms. The number of esters is 2. The molecular weight excluding hydrogens is 456 g/mol. The number of hydrogen-bond donors (Lipinski definition) is 2. The standard InChI is InChI=1S/C25H38N2O8/c1-16(2)22(28)32-14-34-24(30)26-20-9-5-18(6-10-20)13-19-7-11-21(12-8-19)27-25(31)35-15-33-23(29)17(3)4/h18-21H,1,3,5-15H2,2,4H3,(H,26,30)(H,27,31). The maximum atomic E-state index is 11.9. The van der Waals surface area contributed by atoms with Crippen molar-refractivity contribution in [2.24, 2.45) is 11.8 Å². The van der Waals surface area contributed by atoms with Gasteiger partial charge in [-0.1, -0.05) is 13.2 Å². The van der Waals surface area contributed by atoms with Crippen molar-refractivity contribution in [3.05, 3.63) is 24.3 Å². The van der Waals surface area contributed by atoms with Crippen molar-refractivity contribution in [3.63, 3.8) is 0 Å². The minimum Gasteiger partial charge on any atom is -0.424 e. The Hall–Kier alpha value is -3.04. The zero-order valence-electron chi connectivity index (χ0n) is 20.8. The fourth-order valence-electron chi connectivity index (χ4n) is 4.49. The predicted octanol–water partition coefficient (Wildman–Crippen LogP) is 4.10. The zero-order valence-corrected chi connectivity index (χ0v) is 20.8. The largest absolute Gasteiger partial charge is 0.424 e. The van der Waals surface area contributed by atoms with E-state index in [-0.39, 0.29) is 23.2 Å². The first-order valence-corrected chi connectivity index (χ1v) is 12.2. The highest BCUT2D eigenvalue weighted by atomic mass is 16.7. The summed E-state index contributed by atoms with van der Waals surface area (Å²) < 4.78 is 19.3. The van der Waals surface area contributed by atoms with Gasteiger partial charge in [-0.15, -0.1) is 0 Å². The van der Waals surface area contributed by atoms with Crippen LogP contribution in [-0.4, -0.2) is 49.8 Å². The molecule has 0 atom stereocenters. The van der Waals surface area contributed by atoms with Crippen LogP contribution in [-0.2, 0) is 28.5 Å². The Morgan fingerprint density at radius 2 is 0.971 bits per heavy atom. The Labute approximate surface area is 206 Å². The van der Waals surface area contributed by atoms with E-state index in [1.807, 2.05) is 0 Å². The minimum atomic E-state index is -0.593. The topological polar surface area (TPSA) is 129 Å². The number of carbonyl (C=O) groups is 4. The van der Waals surface area contributed by atoms with Crippen molar-refractivity contribution >= 4 is 24.1 Å². The second-order valence-electron chi connectivity index (χ2n) is 9.48. The molecule has 10 heteroatoms. The van der Waals surface area contributed by atoms with Crippen LogP contribution >= 0.6 is 0 Å². The van der Waals surface area contributed by atoms with Gasteiger partial charge >= 0.3 is 24.1 Å². The van der Waals surface area contributed by atoms with E-state index in [0.29, 0.717) is 11.8 Å². The number of carbonyl (C=O) groups excluding carboxylic acids is 4. The van der Waals surface area contributed by atoms with Gasteiger partial charge in [0, 0.05) is 23.2 Å². The molecule has 196 valence electrons. The first-order valence-electron chi connectivity index (χ1n) is 12.2. The summed E-state index contributed by atoms with van der Waals surface area (Å²) in [6.07, 6.45) is 7.74. The van der Waals surface area contributed by atoms with Gasteiger partial charge in [0.25, 0.3) is 0 Å². The molecule has 35 heavy (non-hydrogen) atoms. The molecule has 2 N–H and O–H groups in total. The molecular formula is C25H38N2O8. The SMILES string of the molecule is C=C(C)C(=O)OCOC(=O)NC1CCC(CC2CCC(NC(=O)OCOC(=O)C(=C)C)CC2)CC1. The monoisotopic (exact) mass is 494 g/mol. The molecule has 0 radical (unpaired) electrons. The molecule has 2 saturated carbocycles. The van der Waals surface area contributed by atoms with Gasteiger partial charge in [-0.05, 0) is 83.5 Å². The van der Waals surface area contributed by atoms with Gasteiger partial charge in [-0.3, -0.25) is 0 Å². The van der Waals surface area contributed by atoms with E-state index in [1.54, 1.807) is 0 Å². The summed E-state index contributed by atoms with van der Waals surface area (Å²) in [4.78, 5) is 46.3. The molecule has 0 unspecified atom stereocenters. The second-order valence-corrected chi connectivity index (χ2v) is 9.48. The highest BCUT2D eigenvalue weighted by Crippen LogP contribution is 2.35. The van der Waals surface area contributed by atoms with E-state index in [9.17, 15) is 19.2 Å². The third-order valence-corrected chi connectivity index (χ3v) is 6.46. The summed E-state index contributed by atoms with van der Waals surface area (Å²) in [5.74, 6) is 0.0699. The molecule has 0 bridgehead atoms. The van der Waals surface area contributed by atoms with E-state index in [4.69, 9.17) is 18.9 Å². The lowest BCUT2D eigenvalue weighted by molar-refractivity contribution is -0.148. The summed E-state index contributed by atoms with van der Waals surface area (Å²) in [7, 11) is 0. The average molecular weight is 495 g/mol. The molecule has 0 aromatic heterocycles. The second kappa shape index (κ2) is 14.4. The summed E-state index contributed by atoms with van der Waals surface area (Å²) >= 11 is 0. The van der Waals surface area contributed by atoms with Crippen LogP contribution in [0.4, 0.5) is 9.59 Å². The Kier molecular flexibility index (Phi) is 11.6. The number of rotatable bonds is 10. The molecule has 2 amide bonds. The van der Waals surface area contributed by atoms with Gasteiger partial charge in [0.2, 0.25) is 13.6 Å². The first-order chi connectivity index (χ1) is 16.6. The van der Waals surface area contributed by atoms with E-state index < -0.39 is 37.7 Å². The molecule has 2 aliphatic carbocycles. The molecule has 0 aliphatic heterocycles. The Balaban J connectivity index is 1.55. The summed E-state index contributed by atoms with van der Waals surface area (Å²) in [5, 5.41) is 5.67. The number of ether oxygens (including phenoxy) is 4. The highest BCUT2D eigenvalue weighted by Gasteiger charge is 2.28. The molecule has 2 fully saturated rings. The lowest BCUT2D eigenvalue weighted by Crippen LogP contribution is -2.39. The van der Waals surface area contributed by atoms with Crippen LogP contribution in [0.2, 0.25) is 0 Å². The lowest BCUT2D eigenvalue weighted by atomic mass is 9.76. The summed E-state index contributed by atoms with van der Waals surface area (Å²) in [5.41, 5.74) is 0.497. The van der Waals surface area contributed by atoms with Crippen LogP contribution in [0.15, 0.2) is 24.3 Å². The third-order valence-electron chi connectivity index (χ3n) is 6.46. The molecule has 0 aromatic carbocycles. The molecule has 0 aromatic rings. The summed E-state index contributed by atoms with van der Waals surface area (Å²) in [6.45, 7) is 9.11. The number of alkyl carbamates (subject to hydrolysis) is 2. The quantitative estimate of drug-likeness (QED) is 0.264. The molecule has 0 saturated heterocycles. The fraction of sp³-hybridized carbons (Fsp3) is 0.680. The lowest BCUT2D eigenvalue weighted by Gasteiger charge is -2.34. The van der Waals surface area contributed by atoms with Gasteiger partial charge in [0.15, 0.2) is 0 Å². The van der Waals surface area contributed by atoms with Crippen molar-refractivity contribution in [1.29, 1.82) is 0 Å². The molecule has 0 heterocycles. The van der Waals surface area contributed by atoms with Gasteiger partial charge < -0.3 is 29.6 Å². The minimum absolute atomic E-state index is 0.0659. The molecule has 2 rings (SSSR count). The van der Waals surface area contributed by atoms with Crippen molar-refractivity contribution < 1.29 is 38.1 Å². The smallest absolute Gasteiger partial charge is 0.410 e. The van der Waals surface area contributed by atoms with Crippen molar-refractivity contribution in [3.8, 4) is 0 Å². The van der Waals surface area contributed by atoms with Gasteiger partial charge in [0.05, 0.1) is 0 Å². The number of amides is 2. The zero-order chi connectivity index (χ0) is 25.8. The fourth-order valence-corrected chi connectivity index (χ4v) is 4.49. The Bertz CT molecular complexity index is 716. The predicted molar refractivity (Wildman–Crippen MR) is 127 cm³/mol. The van der Waals surface area contributed by atoms with Crippen molar-refractivity contribution in [2.45, 2.75) is 83.7 Å². The van der Waals surface area contributed by atoms with Gasteiger partial charge in [-0.25, -0.2) is 19.2 Å². The first kappa shape index (κ1) is 28.2. The maximum absolute atomic E-state index is 11.9. The third kappa shape index (κ3) is 10.8. The average Bonchev–Trinajstić information content (AvgIpc) is 2.81. The normalized spacial score (nSPS) is 23.8. The van der Waals surface area contributed by atoms with Crippen LogP contribution in [0.25, 0.3) is 0 Å². The van der Waals surface area contributed by atoms with Crippen LogP contribution in [0, 0.1) is 11.8 Å². The summed E-state index contributed by atoms with van der Waals surface area (Å²) in [6, 6.07) is 0.132. The van der Waals surface area contributed by atoms with Gasteiger partial charge in [-0.2, -0.15) is 0 Å². The van der Waals surface area contributed by atoms with E-state index in [1.165, 1.54) is 13.8 Å². The Morgan fingerprint density at radius 3 is 1.29 bits per heavy atom. The number of hydrogen-bond acceptors (Lipinski definition) is 8. The van der Waals surface area contributed by atoms with Gasteiger partial charge in [0.1, 0.15) is 0 Å². The van der Waals surface area contributed by atoms with Crippen LogP contribution < -0.4 is 10.6 Å². The van der Waals surface area contributed by atoms with Crippen molar-refractivity contribution in [1.82, 2.24) is 10.6 Å². The van der Waals surface area contributed by atoms with Crippen LogP contribution in [0.3, 0.4) is 0 Å². The van der Waals surface area contributed by atoms with Crippen molar-refractivity contribution in [2.75, 3.05) is 13.6 Å².